The highest BCUT2D eigenvalue weighted by molar-refractivity contribution is 5.92. The number of carbonyl (C=O) groups is 1. The van der Waals surface area contributed by atoms with E-state index in [1.165, 1.54) is 5.56 Å². The van der Waals surface area contributed by atoms with Crippen molar-refractivity contribution in [2.75, 3.05) is 19.0 Å². The Balaban J connectivity index is 1.38. The van der Waals surface area contributed by atoms with Crippen LogP contribution in [0.15, 0.2) is 60.9 Å². The molecule has 0 aliphatic carbocycles. The summed E-state index contributed by atoms with van der Waals surface area (Å²) in [5.74, 6) is 0.627. The molecule has 5 rings (SSSR count). The van der Waals surface area contributed by atoms with Crippen molar-refractivity contribution in [3.8, 4) is 16.9 Å². The largest absolute Gasteiger partial charge is 0.495 e. The molecule has 3 heterocycles. The summed E-state index contributed by atoms with van der Waals surface area (Å²) in [7, 11) is 1.60. The maximum absolute atomic E-state index is 13.0. The second-order valence-electron chi connectivity index (χ2n) is 7.28. The minimum Gasteiger partial charge on any atom is -0.495 e. The predicted molar refractivity (Wildman–Crippen MR) is 115 cm³/mol. The molecule has 1 aliphatic heterocycles. The fourth-order valence-electron chi connectivity index (χ4n) is 3.94. The van der Waals surface area contributed by atoms with E-state index in [0.29, 0.717) is 24.5 Å². The van der Waals surface area contributed by atoms with Gasteiger partial charge in [-0.1, -0.05) is 36.4 Å². The van der Waals surface area contributed by atoms with E-state index in [1.54, 1.807) is 18.2 Å². The molecule has 7 heteroatoms. The lowest BCUT2D eigenvalue weighted by molar-refractivity contribution is 0.206. The normalized spacial score (nSPS) is 13.2. The summed E-state index contributed by atoms with van der Waals surface area (Å²) >= 11 is 0. The first-order valence-corrected chi connectivity index (χ1v) is 9.82. The SMILES string of the molecule is COc1ccc(-c2ccccc2)cc1NC(=O)N1CCc2c(cnc3[nH]ncc23)C1. The number of nitrogens with zero attached hydrogens (tertiary/aromatic N) is 3. The molecule has 0 fully saturated rings. The number of rotatable bonds is 3. The third kappa shape index (κ3) is 3.24. The molecule has 0 spiro atoms. The van der Waals surface area contributed by atoms with Crippen LogP contribution in [0.4, 0.5) is 10.5 Å². The van der Waals surface area contributed by atoms with Crippen molar-refractivity contribution in [3.63, 3.8) is 0 Å². The Bertz CT molecular complexity index is 1220. The predicted octanol–water partition coefficient (Wildman–Crippen LogP) is 4.22. The van der Waals surface area contributed by atoms with E-state index in [0.717, 1.165) is 34.1 Å². The number of hydrogen-bond acceptors (Lipinski definition) is 4. The minimum absolute atomic E-state index is 0.156. The van der Waals surface area contributed by atoms with Gasteiger partial charge in [0.05, 0.1) is 19.0 Å². The molecule has 0 saturated carbocycles. The maximum atomic E-state index is 13.0. The zero-order valence-corrected chi connectivity index (χ0v) is 16.6. The van der Waals surface area contributed by atoms with Crippen molar-refractivity contribution in [1.82, 2.24) is 20.1 Å². The molecule has 7 nitrogen and oxygen atoms in total. The van der Waals surface area contributed by atoms with Crippen molar-refractivity contribution in [3.05, 3.63) is 72.1 Å². The Morgan fingerprint density at radius 2 is 2.00 bits per heavy atom. The average Bonchev–Trinajstić information content (AvgIpc) is 3.28. The van der Waals surface area contributed by atoms with Crippen LogP contribution < -0.4 is 10.1 Å². The van der Waals surface area contributed by atoms with Crippen LogP contribution in [0.5, 0.6) is 5.75 Å². The summed E-state index contributed by atoms with van der Waals surface area (Å²) < 4.78 is 5.47. The molecule has 0 unspecified atom stereocenters. The van der Waals surface area contributed by atoms with E-state index in [4.69, 9.17) is 4.74 Å². The second kappa shape index (κ2) is 7.51. The molecule has 2 amide bonds. The molecule has 150 valence electrons. The fraction of sp³-hybridized carbons (Fsp3) is 0.174. The molecule has 2 N–H and O–H groups in total. The van der Waals surface area contributed by atoms with Crippen LogP contribution in [-0.2, 0) is 13.0 Å². The van der Waals surface area contributed by atoms with E-state index in [1.807, 2.05) is 54.7 Å². The number of pyridine rings is 1. The number of H-pyrrole nitrogens is 1. The first-order chi connectivity index (χ1) is 14.7. The number of carbonyl (C=O) groups excluding carboxylic acids is 1. The van der Waals surface area contributed by atoms with Crippen molar-refractivity contribution in [2.24, 2.45) is 0 Å². The highest BCUT2D eigenvalue weighted by Crippen LogP contribution is 2.31. The van der Waals surface area contributed by atoms with Gasteiger partial charge >= 0.3 is 6.03 Å². The van der Waals surface area contributed by atoms with Gasteiger partial charge in [0.2, 0.25) is 0 Å². The van der Waals surface area contributed by atoms with Gasteiger partial charge in [0.25, 0.3) is 0 Å². The van der Waals surface area contributed by atoms with Crippen molar-refractivity contribution >= 4 is 22.8 Å². The van der Waals surface area contributed by atoms with Gasteiger partial charge in [-0.15, -0.1) is 0 Å². The number of anilines is 1. The summed E-state index contributed by atoms with van der Waals surface area (Å²) in [5.41, 5.74) is 5.80. The zero-order chi connectivity index (χ0) is 20.5. The van der Waals surface area contributed by atoms with Crippen LogP contribution >= 0.6 is 0 Å². The number of benzene rings is 2. The molecule has 0 radical (unpaired) electrons. The Kier molecular flexibility index (Phi) is 4.55. The second-order valence-corrected chi connectivity index (χ2v) is 7.28. The lowest BCUT2D eigenvalue weighted by Gasteiger charge is -2.29. The Morgan fingerprint density at radius 3 is 2.83 bits per heavy atom. The zero-order valence-electron chi connectivity index (χ0n) is 16.6. The van der Waals surface area contributed by atoms with Crippen molar-refractivity contribution in [1.29, 1.82) is 0 Å². The lowest BCUT2D eigenvalue weighted by Crippen LogP contribution is -2.39. The van der Waals surface area contributed by atoms with E-state index >= 15 is 0 Å². The Hall–Kier alpha value is -3.87. The highest BCUT2D eigenvalue weighted by atomic mass is 16.5. The fourth-order valence-corrected chi connectivity index (χ4v) is 3.94. The number of nitrogens with one attached hydrogen (secondary N) is 2. The number of urea groups is 1. The topological polar surface area (TPSA) is 83.1 Å². The van der Waals surface area contributed by atoms with Gasteiger partial charge in [-0.05, 0) is 40.8 Å². The molecule has 30 heavy (non-hydrogen) atoms. The number of aromatic nitrogens is 3. The van der Waals surface area contributed by atoms with Gasteiger partial charge in [-0.2, -0.15) is 5.10 Å². The lowest BCUT2D eigenvalue weighted by atomic mass is 9.99. The molecule has 0 atom stereocenters. The molecule has 0 bridgehead atoms. The first kappa shape index (κ1) is 18.2. The van der Waals surface area contributed by atoms with Crippen LogP contribution in [0, 0.1) is 0 Å². The van der Waals surface area contributed by atoms with Crippen LogP contribution in [0.1, 0.15) is 11.1 Å². The van der Waals surface area contributed by atoms with Crippen molar-refractivity contribution < 1.29 is 9.53 Å². The van der Waals surface area contributed by atoms with E-state index in [9.17, 15) is 4.79 Å². The van der Waals surface area contributed by atoms with Crippen LogP contribution in [0.25, 0.3) is 22.2 Å². The number of aromatic amines is 1. The molecule has 0 saturated heterocycles. The van der Waals surface area contributed by atoms with E-state index < -0.39 is 0 Å². The summed E-state index contributed by atoms with van der Waals surface area (Å²) in [6, 6.07) is 15.7. The monoisotopic (exact) mass is 399 g/mol. The van der Waals surface area contributed by atoms with Crippen LogP contribution in [-0.4, -0.2) is 39.8 Å². The van der Waals surface area contributed by atoms with Crippen LogP contribution in [0.2, 0.25) is 0 Å². The van der Waals surface area contributed by atoms with Gasteiger partial charge in [0.1, 0.15) is 5.75 Å². The number of ether oxygens (including phenoxy) is 1. The third-order valence-corrected chi connectivity index (χ3v) is 5.51. The summed E-state index contributed by atoms with van der Waals surface area (Å²) in [5, 5.41) is 11.0. The maximum Gasteiger partial charge on any atom is 0.322 e. The summed E-state index contributed by atoms with van der Waals surface area (Å²) in [6.07, 6.45) is 4.39. The average molecular weight is 399 g/mol. The molecule has 2 aromatic carbocycles. The number of methoxy groups -OCH3 is 1. The minimum atomic E-state index is -0.156. The molecular weight excluding hydrogens is 378 g/mol. The molecule has 4 aromatic rings. The highest BCUT2D eigenvalue weighted by Gasteiger charge is 2.24. The molecular formula is C23H21N5O2. The van der Waals surface area contributed by atoms with Crippen molar-refractivity contribution in [2.45, 2.75) is 13.0 Å². The third-order valence-electron chi connectivity index (χ3n) is 5.51. The Morgan fingerprint density at radius 1 is 1.13 bits per heavy atom. The Labute approximate surface area is 173 Å². The number of fused-ring (bicyclic) bond motifs is 3. The van der Waals surface area contributed by atoms with Gasteiger partial charge in [-0.25, -0.2) is 9.78 Å². The molecule has 1 aliphatic rings. The first-order valence-electron chi connectivity index (χ1n) is 9.82. The quantitative estimate of drug-likeness (QED) is 0.540. The summed E-state index contributed by atoms with van der Waals surface area (Å²) in [6.45, 7) is 1.14. The number of amides is 2. The van der Waals surface area contributed by atoms with E-state index in [2.05, 4.69) is 20.5 Å². The standard InChI is InChI=1S/C23H21N5O2/c1-30-21-8-7-16(15-5-3-2-4-6-15)11-20(21)26-23(29)28-10-9-18-17(14-28)12-24-22-19(18)13-25-27-22/h2-8,11-13H,9-10,14H2,1H3,(H,26,29)(H,24,25,27). The van der Waals surface area contributed by atoms with Crippen LogP contribution in [0.3, 0.4) is 0 Å². The number of hydrogen-bond donors (Lipinski definition) is 2. The van der Waals surface area contributed by atoms with Gasteiger partial charge in [0, 0.05) is 24.7 Å². The van der Waals surface area contributed by atoms with E-state index in [-0.39, 0.29) is 6.03 Å². The van der Waals surface area contributed by atoms with Gasteiger partial charge in [0.15, 0.2) is 5.65 Å². The van der Waals surface area contributed by atoms with Gasteiger partial charge in [-0.3, -0.25) is 5.10 Å². The summed E-state index contributed by atoms with van der Waals surface area (Å²) in [4.78, 5) is 19.2. The van der Waals surface area contributed by atoms with Gasteiger partial charge < -0.3 is 15.0 Å². The smallest absolute Gasteiger partial charge is 0.322 e. The molecule has 2 aromatic heterocycles.